The number of ether oxygens (including phenoxy) is 1. The molecule has 0 bridgehead atoms. The summed E-state index contributed by atoms with van der Waals surface area (Å²) in [5.74, 6) is -1.24. The minimum Gasteiger partial charge on any atom is -0.432 e. The van der Waals surface area contributed by atoms with E-state index in [9.17, 15) is 18.3 Å². The SMILES string of the molecule is OC[C@@H]1CCCN1Cc1ccc(OC(F)F)c(F)c1. The lowest BCUT2D eigenvalue weighted by atomic mass is 10.1. The Labute approximate surface area is 109 Å². The molecule has 1 N–H and O–H groups in total. The average Bonchev–Trinajstić information content (AvgIpc) is 2.79. The molecule has 2 rings (SSSR count). The number of aliphatic hydroxyl groups is 1. The zero-order valence-corrected chi connectivity index (χ0v) is 10.4. The average molecular weight is 275 g/mol. The van der Waals surface area contributed by atoms with E-state index < -0.39 is 18.2 Å². The lowest BCUT2D eigenvalue weighted by Gasteiger charge is -2.22. The van der Waals surface area contributed by atoms with E-state index in [1.165, 1.54) is 12.1 Å². The third-order valence-corrected chi connectivity index (χ3v) is 3.31. The highest BCUT2D eigenvalue weighted by Gasteiger charge is 2.23. The van der Waals surface area contributed by atoms with Gasteiger partial charge in [-0.3, -0.25) is 4.90 Å². The maximum atomic E-state index is 13.5. The largest absolute Gasteiger partial charge is 0.432 e. The molecule has 6 heteroatoms. The van der Waals surface area contributed by atoms with Crippen LogP contribution in [0.25, 0.3) is 0 Å². The number of likely N-dealkylation sites (tertiary alicyclic amines) is 1. The molecule has 106 valence electrons. The Kier molecular flexibility index (Phi) is 4.66. The van der Waals surface area contributed by atoms with Crippen LogP contribution in [0.3, 0.4) is 0 Å². The van der Waals surface area contributed by atoms with Crippen molar-refractivity contribution in [3.8, 4) is 5.75 Å². The first-order valence-electron chi connectivity index (χ1n) is 6.18. The molecule has 19 heavy (non-hydrogen) atoms. The third kappa shape index (κ3) is 3.61. The van der Waals surface area contributed by atoms with Crippen LogP contribution in [0.2, 0.25) is 0 Å². The summed E-state index contributed by atoms with van der Waals surface area (Å²) in [7, 11) is 0. The van der Waals surface area contributed by atoms with Gasteiger partial charge in [0.15, 0.2) is 11.6 Å². The van der Waals surface area contributed by atoms with Gasteiger partial charge in [-0.25, -0.2) is 4.39 Å². The first-order valence-corrected chi connectivity index (χ1v) is 6.18. The molecule has 1 fully saturated rings. The van der Waals surface area contributed by atoms with Crippen molar-refractivity contribution in [2.75, 3.05) is 13.2 Å². The van der Waals surface area contributed by atoms with Gasteiger partial charge in [0.2, 0.25) is 0 Å². The van der Waals surface area contributed by atoms with Crippen LogP contribution < -0.4 is 4.74 Å². The van der Waals surface area contributed by atoms with E-state index in [0.717, 1.165) is 19.4 Å². The van der Waals surface area contributed by atoms with Crippen LogP contribution in [0, 0.1) is 5.82 Å². The van der Waals surface area contributed by atoms with Gasteiger partial charge in [-0.1, -0.05) is 6.07 Å². The van der Waals surface area contributed by atoms with Crippen LogP contribution in [-0.2, 0) is 6.54 Å². The van der Waals surface area contributed by atoms with E-state index >= 15 is 0 Å². The van der Waals surface area contributed by atoms with Gasteiger partial charge in [-0.15, -0.1) is 0 Å². The van der Waals surface area contributed by atoms with Gasteiger partial charge in [0.05, 0.1) is 6.61 Å². The Morgan fingerprint density at radius 3 is 2.84 bits per heavy atom. The summed E-state index contributed by atoms with van der Waals surface area (Å²) in [6.45, 7) is -1.61. The molecular weight excluding hydrogens is 259 g/mol. The summed E-state index contributed by atoms with van der Waals surface area (Å²) >= 11 is 0. The lowest BCUT2D eigenvalue weighted by Crippen LogP contribution is -2.31. The number of rotatable bonds is 5. The molecule has 0 spiro atoms. The van der Waals surface area contributed by atoms with Crippen molar-refractivity contribution in [2.24, 2.45) is 0 Å². The standard InChI is InChI=1S/C13H16F3NO2/c14-11-6-9(3-4-12(11)19-13(15)16)7-17-5-1-2-10(17)8-18/h3-4,6,10,13,18H,1-2,5,7-8H2/t10-/m0/s1. The molecule has 0 amide bonds. The second-order valence-corrected chi connectivity index (χ2v) is 4.59. The normalized spacial score (nSPS) is 20.2. The topological polar surface area (TPSA) is 32.7 Å². The fraction of sp³-hybridized carbons (Fsp3) is 0.538. The Morgan fingerprint density at radius 2 is 2.21 bits per heavy atom. The van der Waals surface area contributed by atoms with Gasteiger partial charge < -0.3 is 9.84 Å². The van der Waals surface area contributed by atoms with Crippen LogP contribution in [0.15, 0.2) is 18.2 Å². The first-order chi connectivity index (χ1) is 9.10. The van der Waals surface area contributed by atoms with Gasteiger partial charge in [0.1, 0.15) is 0 Å². The Morgan fingerprint density at radius 1 is 1.42 bits per heavy atom. The molecular formula is C13H16F3NO2. The highest BCUT2D eigenvalue weighted by molar-refractivity contribution is 5.29. The van der Waals surface area contributed by atoms with Crippen molar-refractivity contribution in [2.45, 2.75) is 32.0 Å². The molecule has 0 aromatic heterocycles. The molecule has 0 saturated carbocycles. The van der Waals surface area contributed by atoms with E-state index in [4.69, 9.17) is 0 Å². The minimum atomic E-state index is -3.03. The van der Waals surface area contributed by atoms with Gasteiger partial charge >= 0.3 is 6.61 Å². The predicted octanol–water partition coefficient (Wildman–Crippen LogP) is 2.38. The van der Waals surface area contributed by atoms with Gasteiger partial charge in [-0.2, -0.15) is 8.78 Å². The van der Waals surface area contributed by atoms with Crippen molar-refractivity contribution < 1.29 is 23.0 Å². The number of nitrogens with zero attached hydrogens (tertiary/aromatic N) is 1. The van der Waals surface area contributed by atoms with E-state index in [0.29, 0.717) is 12.1 Å². The maximum absolute atomic E-state index is 13.5. The highest BCUT2D eigenvalue weighted by atomic mass is 19.3. The molecule has 1 aliphatic heterocycles. The molecule has 1 aliphatic rings. The van der Waals surface area contributed by atoms with Gasteiger partial charge in [0, 0.05) is 12.6 Å². The first kappa shape index (κ1) is 14.1. The second kappa shape index (κ2) is 6.25. The fourth-order valence-electron chi connectivity index (χ4n) is 2.38. The molecule has 0 aliphatic carbocycles. The summed E-state index contributed by atoms with van der Waals surface area (Å²) in [6.07, 6.45) is 1.92. The van der Waals surface area contributed by atoms with E-state index in [-0.39, 0.29) is 12.6 Å². The Hall–Kier alpha value is -1.27. The number of alkyl halides is 2. The number of benzene rings is 1. The van der Waals surface area contributed by atoms with E-state index in [2.05, 4.69) is 9.64 Å². The van der Waals surface area contributed by atoms with Crippen LogP contribution in [0.4, 0.5) is 13.2 Å². The number of hydrogen-bond donors (Lipinski definition) is 1. The minimum absolute atomic E-state index is 0.0784. The molecule has 1 heterocycles. The van der Waals surface area contributed by atoms with Crippen molar-refractivity contribution >= 4 is 0 Å². The summed E-state index contributed by atoms with van der Waals surface area (Å²) in [6, 6.07) is 4.07. The van der Waals surface area contributed by atoms with E-state index in [1.807, 2.05) is 0 Å². The van der Waals surface area contributed by atoms with Crippen molar-refractivity contribution in [1.29, 1.82) is 0 Å². The van der Waals surface area contributed by atoms with Crippen LogP contribution in [0.5, 0.6) is 5.75 Å². The van der Waals surface area contributed by atoms with Gasteiger partial charge in [0.25, 0.3) is 0 Å². The highest BCUT2D eigenvalue weighted by Crippen LogP contribution is 2.24. The monoisotopic (exact) mass is 275 g/mol. The second-order valence-electron chi connectivity index (χ2n) is 4.59. The fourth-order valence-corrected chi connectivity index (χ4v) is 2.38. The van der Waals surface area contributed by atoms with Gasteiger partial charge in [-0.05, 0) is 37.1 Å². The molecule has 3 nitrogen and oxygen atoms in total. The van der Waals surface area contributed by atoms with Crippen molar-refractivity contribution in [1.82, 2.24) is 4.90 Å². The van der Waals surface area contributed by atoms with Crippen molar-refractivity contribution in [3.63, 3.8) is 0 Å². The smallest absolute Gasteiger partial charge is 0.387 e. The Bertz CT molecular complexity index is 428. The number of aliphatic hydroxyl groups excluding tert-OH is 1. The predicted molar refractivity (Wildman–Crippen MR) is 63.5 cm³/mol. The molecule has 1 aromatic rings. The summed E-state index contributed by atoms with van der Waals surface area (Å²) in [4.78, 5) is 2.06. The van der Waals surface area contributed by atoms with E-state index in [1.54, 1.807) is 6.07 Å². The lowest BCUT2D eigenvalue weighted by molar-refractivity contribution is -0.0522. The maximum Gasteiger partial charge on any atom is 0.387 e. The van der Waals surface area contributed by atoms with Crippen LogP contribution in [-0.4, -0.2) is 35.8 Å². The Balaban J connectivity index is 2.03. The number of halogens is 3. The zero-order chi connectivity index (χ0) is 13.8. The summed E-state index contributed by atoms with van der Waals surface area (Å²) in [5, 5.41) is 9.19. The number of hydrogen-bond acceptors (Lipinski definition) is 3. The third-order valence-electron chi connectivity index (χ3n) is 3.31. The zero-order valence-electron chi connectivity index (χ0n) is 10.4. The molecule has 0 unspecified atom stereocenters. The molecule has 1 aromatic carbocycles. The summed E-state index contributed by atoms with van der Waals surface area (Å²) in [5.41, 5.74) is 0.680. The molecule has 0 radical (unpaired) electrons. The van der Waals surface area contributed by atoms with Crippen molar-refractivity contribution in [3.05, 3.63) is 29.6 Å². The summed E-state index contributed by atoms with van der Waals surface area (Å²) < 4.78 is 41.6. The van der Waals surface area contributed by atoms with Crippen LogP contribution in [0.1, 0.15) is 18.4 Å². The molecule has 1 saturated heterocycles. The van der Waals surface area contributed by atoms with Crippen LogP contribution >= 0.6 is 0 Å². The molecule has 1 atom stereocenters. The quantitative estimate of drug-likeness (QED) is 0.895.